The Morgan fingerprint density at radius 2 is 1.60 bits per heavy atom. The summed E-state index contributed by atoms with van der Waals surface area (Å²) in [6, 6.07) is 0. The van der Waals surface area contributed by atoms with Gasteiger partial charge in [0.25, 0.3) is 11.7 Å². The molecule has 17 nitrogen and oxygen atoms in total. The molecule has 3 aliphatic heterocycles. The maximum atomic E-state index is 14.4. The van der Waals surface area contributed by atoms with E-state index in [1.165, 1.54) is 60.3 Å². The van der Waals surface area contributed by atoms with Gasteiger partial charge in [-0.15, -0.1) is 0 Å². The molecule has 3 aliphatic rings. The zero-order valence-corrected chi connectivity index (χ0v) is 35.7. The van der Waals surface area contributed by atoms with Crippen LogP contribution in [0, 0.1) is 30.6 Å². The molecule has 0 saturated carbocycles. The van der Waals surface area contributed by atoms with E-state index < -0.39 is 88.8 Å². The van der Waals surface area contributed by atoms with E-state index in [-0.39, 0.29) is 57.7 Å². The SMILES string of the molecule is COCCOCCO/N=C\c1c2c(O)c3c(O)c(C)c4c(c3c1O)C(=O)C(C)(O/C=C/C(OC)C(C)C(OC(C)=O)C(C)C(O)C(C)C(O)C(C)/C=C/C=C(\C)C(=O)N2)O4. The molecule has 17 heteroatoms. The molecule has 2 aromatic carbocycles. The summed E-state index contributed by atoms with van der Waals surface area (Å²) in [7, 11) is 2.95. The summed E-state index contributed by atoms with van der Waals surface area (Å²) in [6.07, 6.45) is 4.38. The highest BCUT2D eigenvalue weighted by Gasteiger charge is 2.50. The lowest BCUT2D eigenvalue weighted by Gasteiger charge is -2.38. The zero-order chi connectivity index (χ0) is 44.6. The van der Waals surface area contributed by atoms with Crippen molar-refractivity contribution < 1.29 is 73.2 Å². The number of methoxy groups -OCH3 is 2. The number of rotatable bonds is 10. The second-order valence-corrected chi connectivity index (χ2v) is 15.3. The van der Waals surface area contributed by atoms with Crippen LogP contribution < -0.4 is 10.1 Å². The number of anilines is 1. The van der Waals surface area contributed by atoms with E-state index in [0.29, 0.717) is 13.2 Å². The number of nitrogens with one attached hydrogen (secondary N) is 1. The monoisotopic (exact) mass is 842 g/mol. The molecular weight excluding hydrogens is 784 g/mol. The lowest BCUT2D eigenvalue weighted by Crippen LogP contribution is -2.46. The number of hydrogen-bond donors (Lipinski definition) is 6. The van der Waals surface area contributed by atoms with Gasteiger partial charge in [0.2, 0.25) is 0 Å². The van der Waals surface area contributed by atoms with Crippen molar-refractivity contribution in [3.05, 3.63) is 52.8 Å². The maximum Gasteiger partial charge on any atom is 0.312 e. The number of oxime groups is 1. The largest absolute Gasteiger partial charge is 0.507 e. The Morgan fingerprint density at radius 1 is 0.917 bits per heavy atom. The first-order valence-corrected chi connectivity index (χ1v) is 19.6. The van der Waals surface area contributed by atoms with Gasteiger partial charge in [-0.05, 0) is 19.9 Å². The van der Waals surface area contributed by atoms with Crippen molar-refractivity contribution in [2.75, 3.05) is 46.0 Å². The fourth-order valence-electron chi connectivity index (χ4n) is 7.36. The van der Waals surface area contributed by atoms with Crippen LogP contribution in [0.25, 0.3) is 10.8 Å². The van der Waals surface area contributed by atoms with E-state index in [2.05, 4.69) is 10.5 Å². The first kappa shape index (κ1) is 47.5. The normalized spacial score (nSPS) is 29.8. The standard InChI is InChI=1S/C43H58N2O15/c1-21-12-11-13-22(2)42(53)45-33-28(20-44-58-19-18-56-17-16-54-9)37(50)30-31(38(33)51)36(49)26(6)40-32(30)41(52)43(8,60-40)57-15-14-29(55-10)23(3)39(59-27(7)46)25(5)35(48)24(4)34(21)47/h11-15,20-21,23-25,29,34-35,39,47-51H,16-19H2,1-10H3,(H,45,53)/b12-11+,15-14+,22-13+,44-20-. The number of benzene rings is 2. The molecule has 5 bridgehead atoms. The van der Waals surface area contributed by atoms with Crippen LogP contribution >= 0.6 is 0 Å². The number of aliphatic hydroxyl groups is 2. The number of phenolic OH excluding ortho intramolecular Hbond substituents is 3. The number of ether oxygens (including phenoxy) is 6. The average molecular weight is 843 g/mol. The Balaban J connectivity index is 1.92. The minimum atomic E-state index is -2.08. The van der Waals surface area contributed by atoms with Gasteiger partial charge >= 0.3 is 11.8 Å². The summed E-state index contributed by atoms with van der Waals surface area (Å²) < 4.78 is 33.8. The van der Waals surface area contributed by atoms with Crippen LogP contribution in [0.15, 0.2) is 41.3 Å². The van der Waals surface area contributed by atoms with E-state index >= 15 is 0 Å². The Hall–Kier alpha value is -5.20. The molecule has 330 valence electrons. The van der Waals surface area contributed by atoms with Crippen molar-refractivity contribution in [2.24, 2.45) is 28.8 Å². The molecule has 0 aromatic heterocycles. The van der Waals surface area contributed by atoms with Gasteiger partial charge in [-0.2, -0.15) is 0 Å². The lowest BCUT2D eigenvalue weighted by atomic mass is 9.78. The molecule has 0 saturated heterocycles. The zero-order valence-electron chi connectivity index (χ0n) is 35.7. The van der Waals surface area contributed by atoms with Gasteiger partial charge in [-0.25, -0.2) is 0 Å². The van der Waals surface area contributed by atoms with Crippen LogP contribution in [0.5, 0.6) is 23.0 Å². The molecule has 9 unspecified atom stereocenters. The van der Waals surface area contributed by atoms with Crippen molar-refractivity contribution in [1.29, 1.82) is 0 Å². The van der Waals surface area contributed by atoms with Crippen LogP contribution in [0.1, 0.15) is 70.0 Å². The molecule has 0 fully saturated rings. The summed E-state index contributed by atoms with van der Waals surface area (Å²) in [6.45, 7) is 13.2. The van der Waals surface area contributed by atoms with Gasteiger partial charge in [0.1, 0.15) is 30.0 Å². The van der Waals surface area contributed by atoms with Crippen molar-refractivity contribution >= 4 is 40.3 Å². The predicted molar refractivity (Wildman–Crippen MR) is 220 cm³/mol. The van der Waals surface area contributed by atoms with E-state index in [1.54, 1.807) is 39.8 Å². The van der Waals surface area contributed by atoms with Crippen molar-refractivity contribution in [3.63, 3.8) is 0 Å². The lowest BCUT2D eigenvalue weighted by molar-refractivity contribution is -0.160. The van der Waals surface area contributed by atoms with Crippen LogP contribution in [0.4, 0.5) is 5.69 Å². The number of aliphatic hydroxyl groups excluding tert-OH is 2. The topological polar surface area (TPSA) is 241 Å². The van der Waals surface area contributed by atoms with Crippen molar-refractivity contribution in [2.45, 2.75) is 85.6 Å². The highest BCUT2D eigenvalue weighted by atomic mass is 16.7. The first-order valence-electron chi connectivity index (χ1n) is 19.6. The molecule has 5 rings (SSSR count). The Labute approximate surface area is 349 Å². The number of fused-ring (bicyclic) bond motifs is 14. The number of amides is 1. The highest BCUT2D eigenvalue weighted by Crippen LogP contribution is 2.55. The second-order valence-electron chi connectivity index (χ2n) is 15.3. The molecule has 1 amide bonds. The number of esters is 1. The summed E-state index contributed by atoms with van der Waals surface area (Å²) >= 11 is 0. The Kier molecular flexibility index (Phi) is 16.1. The van der Waals surface area contributed by atoms with Crippen LogP contribution in [0.3, 0.4) is 0 Å². The van der Waals surface area contributed by atoms with E-state index in [1.807, 2.05) is 0 Å². The van der Waals surface area contributed by atoms with Crippen LogP contribution in [0.2, 0.25) is 0 Å². The number of ketones is 1. The van der Waals surface area contributed by atoms with Gasteiger partial charge in [-0.3, -0.25) is 14.4 Å². The van der Waals surface area contributed by atoms with Crippen molar-refractivity contribution in [3.8, 4) is 23.0 Å². The van der Waals surface area contributed by atoms with E-state index in [4.69, 9.17) is 33.3 Å². The van der Waals surface area contributed by atoms with Crippen LogP contribution in [-0.4, -0.2) is 120 Å². The molecule has 2 aromatic rings. The van der Waals surface area contributed by atoms with Gasteiger partial charge in [0.15, 0.2) is 5.75 Å². The predicted octanol–water partition coefficient (Wildman–Crippen LogP) is 4.77. The molecule has 60 heavy (non-hydrogen) atoms. The molecule has 9 atom stereocenters. The summed E-state index contributed by atoms with van der Waals surface area (Å²) in [5.41, 5.74) is -0.739. The molecular formula is C43H58N2O15. The number of aromatic hydroxyl groups is 3. The van der Waals surface area contributed by atoms with Gasteiger partial charge in [0, 0.05) is 68.3 Å². The smallest absolute Gasteiger partial charge is 0.312 e. The number of carbonyl (C=O) groups excluding carboxylic acids is 3. The van der Waals surface area contributed by atoms with E-state index in [9.17, 15) is 39.9 Å². The van der Waals surface area contributed by atoms with Crippen LogP contribution in [-0.2, 0) is 38.1 Å². The summed E-state index contributed by atoms with van der Waals surface area (Å²) in [5, 5.41) is 63.9. The quantitative estimate of drug-likeness (QED) is 0.0472. The summed E-state index contributed by atoms with van der Waals surface area (Å²) in [4.78, 5) is 45.7. The van der Waals surface area contributed by atoms with Gasteiger partial charge in [0.05, 0.1) is 72.8 Å². The third-order valence-corrected chi connectivity index (χ3v) is 11.0. The van der Waals surface area contributed by atoms with Gasteiger partial charge < -0.3 is 64.1 Å². The average Bonchev–Trinajstić information content (AvgIpc) is 3.47. The van der Waals surface area contributed by atoms with Gasteiger partial charge in [-0.1, -0.05) is 51.1 Å². The fourth-order valence-corrected chi connectivity index (χ4v) is 7.36. The highest BCUT2D eigenvalue weighted by molar-refractivity contribution is 6.23. The summed E-state index contributed by atoms with van der Waals surface area (Å²) in [5.74, 6) is -8.83. The van der Waals surface area contributed by atoms with Crippen molar-refractivity contribution in [1.82, 2.24) is 0 Å². The number of Topliss-reactive ketones (excluding diaryl/α,β-unsaturated/α-hetero) is 1. The number of phenols is 3. The first-order chi connectivity index (χ1) is 28.3. The molecule has 0 radical (unpaired) electrons. The number of allylic oxidation sites excluding steroid dienone is 2. The molecule has 0 spiro atoms. The van der Waals surface area contributed by atoms with E-state index in [0.717, 1.165) is 6.21 Å². The number of carbonyl (C=O) groups is 3. The number of nitrogens with zero attached hydrogens (tertiary/aromatic N) is 1. The molecule has 0 aliphatic carbocycles. The Bertz CT molecular complexity index is 2030. The Morgan fingerprint density at radius 3 is 2.25 bits per heavy atom. The third kappa shape index (κ3) is 10.0. The fraction of sp³-hybridized carbons (Fsp3) is 0.535. The second kappa shape index (κ2) is 20.4. The number of hydrogen-bond acceptors (Lipinski definition) is 16. The maximum absolute atomic E-state index is 14.4. The minimum absolute atomic E-state index is 0.0155. The molecule has 6 N–H and O–H groups in total. The molecule has 3 heterocycles. The minimum Gasteiger partial charge on any atom is -0.507 e. The third-order valence-electron chi connectivity index (χ3n) is 11.0.